The fraction of sp³-hybridized carbons (Fsp3) is 0.238. The minimum absolute atomic E-state index is 0.551. The molecule has 3 aromatic rings. The Morgan fingerprint density at radius 3 is 2.62 bits per heavy atom. The van der Waals surface area contributed by atoms with Crippen molar-refractivity contribution in [2.75, 3.05) is 13.7 Å². The van der Waals surface area contributed by atoms with Crippen LogP contribution in [0.15, 0.2) is 54.6 Å². The molecule has 0 N–H and O–H groups in total. The van der Waals surface area contributed by atoms with E-state index in [2.05, 4.69) is 34.1 Å². The van der Waals surface area contributed by atoms with Crippen LogP contribution in [-0.4, -0.2) is 28.5 Å². The third kappa shape index (κ3) is 3.43. The van der Waals surface area contributed by atoms with Gasteiger partial charge in [0.2, 0.25) is 0 Å². The summed E-state index contributed by atoms with van der Waals surface area (Å²) in [5.41, 5.74) is 4.24. The van der Waals surface area contributed by atoms with Crippen molar-refractivity contribution in [3.8, 4) is 17.1 Å². The van der Waals surface area contributed by atoms with E-state index >= 15 is 0 Å². The smallest absolute Gasteiger partial charge is 0.164 e. The number of methoxy groups -OCH3 is 1. The van der Waals surface area contributed by atoms with Crippen LogP contribution < -0.4 is 4.74 Å². The molecule has 0 saturated heterocycles. The van der Waals surface area contributed by atoms with Crippen molar-refractivity contribution in [1.29, 1.82) is 0 Å². The van der Waals surface area contributed by atoms with Crippen molar-refractivity contribution in [3.05, 3.63) is 76.6 Å². The number of ether oxygens (including phenoxy) is 1. The minimum atomic E-state index is 0.551. The Balaban J connectivity index is 1.64. The Morgan fingerprint density at radius 1 is 1.04 bits per heavy atom. The summed E-state index contributed by atoms with van der Waals surface area (Å²) in [4.78, 5) is 11.8. The lowest BCUT2D eigenvalue weighted by Crippen LogP contribution is -2.31. The molecule has 0 bridgehead atoms. The fourth-order valence-electron chi connectivity index (χ4n) is 3.37. The molecule has 1 aliphatic heterocycles. The number of para-hydroxylation sites is 1. The summed E-state index contributed by atoms with van der Waals surface area (Å²) in [5, 5.41) is 0.551. The zero-order chi connectivity index (χ0) is 17.9. The molecule has 5 heteroatoms. The molecule has 0 radical (unpaired) electrons. The number of aromatic nitrogens is 2. The van der Waals surface area contributed by atoms with Crippen LogP contribution in [0.3, 0.4) is 0 Å². The second-order valence-electron chi connectivity index (χ2n) is 6.41. The van der Waals surface area contributed by atoms with Gasteiger partial charge in [-0.1, -0.05) is 54.1 Å². The zero-order valence-corrected chi connectivity index (χ0v) is 15.4. The quantitative estimate of drug-likeness (QED) is 0.644. The zero-order valence-electron chi connectivity index (χ0n) is 14.7. The van der Waals surface area contributed by atoms with E-state index in [9.17, 15) is 0 Å². The summed E-state index contributed by atoms with van der Waals surface area (Å²) in [6.07, 6.45) is 0.868. The van der Waals surface area contributed by atoms with Gasteiger partial charge in [-0.05, 0) is 24.1 Å². The van der Waals surface area contributed by atoms with E-state index in [0.717, 1.165) is 48.6 Å². The predicted octanol–water partition coefficient (Wildman–Crippen LogP) is 4.36. The summed E-state index contributed by atoms with van der Waals surface area (Å²) in [5.74, 6) is 1.37. The van der Waals surface area contributed by atoms with Gasteiger partial charge in [0.15, 0.2) is 5.82 Å². The number of fused-ring (bicyclic) bond motifs is 1. The molecule has 0 unspecified atom stereocenters. The SMILES string of the molecule is COc1ccccc1-c1nc(Cl)c2c(n1)CN(Cc1ccccc1)CC2. The topological polar surface area (TPSA) is 38.3 Å². The number of hydrogen-bond acceptors (Lipinski definition) is 4. The van der Waals surface area contributed by atoms with E-state index in [1.165, 1.54) is 5.56 Å². The van der Waals surface area contributed by atoms with Crippen LogP contribution in [0, 0.1) is 0 Å². The van der Waals surface area contributed by atoms with Gasteiger partial charge in [-0.2, -0.15) is 0 Å². The molecular weight excluding hydrogens is 346 g/mol. The third-order valence-electron chi connectivity index (χ3n) is 4.69. The highest BCUT2D eigenvalue weighted by molar-refractivity contribution is 6.30. The average Bonchev–Trinajstić information content (AvgIpc) is 2.68. The summed E-state index contributed by atoms with van der Waals surface area (Å²) in [6.45, 7) is 2.64. The highest BCUT2D eigenvalue weighted by Gasteiger charge is 2.23. The molecule has 2 heterocycles. The van der Waals surface area contributed by atoms with E-state index in [4.69, 9.17) is 21.3 Å². The molecule has 0 spiro atoms. The summed E-state index contributed by atoms with van der Waals surface area (Å²) in [7, 11) is 1.65. The number of rotatable bonds is 4. The molecule has 0 saturated carbocycles. The van der Waals surface area contributed by atoms with Crippen LogP contribution in [0.25, 0.3) is 11.4 Å². The lowest BCUT2D eigenvalue weighted by Gasteiger charge is -2.28. The lowest BCUT2D eigenvalue weighted by atomic mass is 10.0. The van der Waals surface area contributed by atoms with Gasteiger partial charge in [0.05, 0.1) is 18.4 Å². The fourth-order valence-corrected chi connectivity index (χ4v) is 3.65. The maximum atomic E-state index is 6.49. The molecular formula is C21H20ClN3O. The molecule has 0 atom stereocenters. The van der Waals surface area contributed by atoms with Crippen molar-refractivity contribution >= 4 is 11.6 Å². The molecule has 0 fully saturated rings. The summed E-state index contributed by atoms with van der Waals surface area (Å²) >= 11 is 6.49. The van der Waals surface area contributed by atoms with Gasteiger partial charge in [-0.3, -0.25) is 4.90 Å². The van der Waals surface area contributed by atoms with E-state index in [1.54, 1.807) is 7.11 Å². The molecule has 4 rings (SSSR count). The Kier molecular flexibility index (Phi) is 4.87. The average molecular weight is 366 g/mol. The normalized spacial score (nSPS) is 14.1. The van der Waals surface area contributed by atoms with Gasteiger partial charge in [0, 0.05) is 25.2 Å². The van der Waals surface area contributed by atoms with Crippen LogP contribution in [0.4, 0.5) is 0 Å². The van der Waals surface area contributed by atoms with Gasteiger partial charge < -0.3 is 4.74 Å². The first kappa shape index (κ1) is 17.0. The van der Waals surface area contributed by atoms with Gasteiger partial charge in [0.1, 0.15) is 10.9 Å². The van der Waals surface area contributed by atoms with E-state index in [0.29, 0.717) is 11.0 Å². The van der Waals surface area contributed by atoms with Gasteiger partial charge in [-0.25, -0.2) is 9.97 Å². The third-order valence-corrected chi connectivity index (χ3v) is 5.00. The first-order chi connectivity index (χ1) is 12.7. The molecule has 132 valence electrons. The molecule has 1 aromatic heterocycles. The highest BCUT2D eigenvalue weighted by Crippen LogP contribution is 2.31. The number of hydrogen-bond donors (Lipinski definition) is 0. The van der Waals surface area contributed by atoms with Gasteiger partial charge in [0.25, 0.3) is 0 Å². The molecule has 2 aromatic carbocycles. The Morgan fingerprint density at radius 2 is 1.81 bits per heavy atom. The number of nitrogens with zero attached hydrogens (tertiary/aromatic N) is 3. The van der Waals surface area contributed by atoms with Gasteiger partial charge >= 0.3 is 0 Å². The van der Waals surface area contributed by atoms with E-state index < -0.39 is 0 Å². The summed E-state index contributed by atoms with van der Waals surface area (Å²) < 4.78 is 5.45. The standard InChI is InChI=1S/C21H20ClN3O/c1-26-19-10-6-5-9-17(19)21-23-18-14-25(12-11-16(18)20(22)24-21)13-15-7-3-2-4-8-15/h2-10H,11-14H2,1H3. The van der Waals surface area contributed by atoms with E-state index in [1.807, 2.05) is 30.3 Å². The van der Waals surface area contributed by atoms with Crippen molar-refractivity contribution in [2.45, 2.75) is 19.5 Å². The van der Waals surface area contributed by atoms with Crippen LogP contribution in [0.1, 0.15) is 16.8 Å². The van der Waals surface area contributed by atoms with Crippen LogP contribution in [0.5, 0.6) is 5.75 Å². The first-order valence-corrected chi connectivity index (χ1v) is 9.07. The maximum Gasteiger partial charge on any atom is 0.164 e. The maximum absolute atomic E-state index is 6.49. The number of benzene rings is 2. The van der Waals surface area contributed by atoms with Crippen molar-refractivity contribution in [1.82, 2.24) is 14.9 Å². The van der Waals surface area contributed by atoms with Crippen molar-refractivity contribution in [2.24, 2.45) is 0 Å². The van der Waals surface area contributed by atoms with Crippen LogP contribution in [0.2, 0.25) is 5.15 Å². The summed E-state index contributed by atoms with van der Waals surface area (Å²) in [6, 6.07) is 18.3. The minimum Gasteiger partial charge on any atom is -0.496 e. The molecule has 26 heavy (non-hydrogen) atoms. The van der Waals surface area contributed by atoms with Crippen LogP contribution >= 0.6 is 11.6 Å². The van der Waals surface area contributed by atoms with Crippen LogP contribution in [-0.2, 0) is 19.5 Å². The first-order valence-electron chi connectivity index (χ1n) is 8.69. The molecule has 1 aliphatic rings. The molecule has 4 nitrogen and oxygen atoms in total. The number of halogens is 1. The Bertz CT molecular complexity index is 914. The Hall–Kier alpha value is -2.43. The largest absolute Gasteiger partial charge is 0.496 e. The van der Waals surface area contributed by atoms with Crippen molar-refractivity contribution < 1.29 is 4.74 Å². The molecule has 0 aliphatic carbocycles. The Labute approximate surface area is 158 Å². The lowest BCUT2D eigenvalue weighted by molar-refractivity contribution is 0.241. The predicted molar refractivity (Wildman–Crippen MR) is 103 cm³/mol. The van der Waals surface area contributed by atoms with Crippen molar-refractivity contribution in [3.63, 3.8) is 0 Å². The monoisotopic (exact) mass is 365 g/mol. The second-order valence-corrected chi connectivity index (χ2v) is 6.77. The van der Waals surface area contributed by atoms with Gasteiger partial charge in [-0.15, -0.1) is 0 Å². The second kappa shape index (κ2) is 7.44. The molecule has 0 amide bonds. The highest BCUT2D eigenvalue weighted by atomic mass is 35.5. The van der Waals surface area contributed by atoms with E-state index in [-0.39, 0.29) is 0 Å².